The second kappa shape index (κ2) is 4.99. The van der Waals surface area contributed by atoms with E-state index in [-0.39, 0.29) is 0 Å². The molecule has 0 saturated heterocycles. The molecule has 0 aliphatic carbocycles. The van der Waals surface area contributed by atoms with E-state index in [0.717, 1.165) is 11.1 Å². The molecule has 0 radical (unpaired) electrons. The monoisotopic (exact) mass is 172 g/mol. The molecule has 1 N–H and O–H groups in total. The SMILES string of the molecule is C=C/C(Cl)=C(C)\C(C)=C/N[O-]. The fraction of sp³-hybridized carbons (Fsp3) is 0.250. The van der Waals surface area contributed by atoms with E-state index in [1.54, 1.807) is 18.5 Å². The van der Waals surface area contributed by atoms with Crippen molar-refractivity contribution in [1.29, 1.82) is 0 Å². The van der Waals surface area contributed by atoms with Crippen LogP contribution in [0.5, 0.6) is 0 Å². The number of hydrogen-bond donors (Lipinski definition) is 1. The summed E-state index contributed by atoms with van der Waals surface area (Å²) < 4.78 is 0. The topological polar surface area (TPSA) is 35.1 Å². The molecule has 0 unspecified atom stereocenters. The molecule has 3 heteroatoms. The molecule has 0 atom stereocenters. The fourth-order valence-electron chi connectivity index (χ4n) is 0.538. The minimum Gasteiger partial charge on any atom is -0.761 e. The van der Waals surface area contributed by atoms with Crippen molar-refractivity contribution in [3.8, 4) is 0 Å². The Balaban J connectivity index is 4.59. The van der Waals surface area contributed by atoms with Gasteiger partial charge in [0.1, 0.15) is 0 Å². The zero-order valence-electron chi connectivity index (χ0n) is 6.65. The summed E-state index contributed by atoms with van der Waals surface area (Å²) >= 11 is 5.74. The summed E-state index contributed by atoms with van der Waals surface area (Å²) in [6.45, 7) is 7.13. The third-order valence-corrected chi connectivity index (χ3v) is 1.84. The van der Waals surface area contributed by atoms with Crippen molar-refractivity contribution in [2.24, 2.45) is 0 Å². The maximum atomic E-state index is 9.94. The molecular weight excluding hydrogens is 162 g/mol. The van der Waals surface area contributed by atoms with Crippen molar-refractivity contribution in [2.45, 2.75) is 13.8 Å². The lowest BCUT2D eigenvalue weighted by Gasteiger charge is -2.06. The number of allylic oxidation sites excluding steroid dienone is 4. The van der Waals surface area contributed by atoms with E-state index in [9.17, 15) is 5.21 Å². The standard InChI is InChI=1S/C8H11ClNO/c1-4-8(9)7(3)6(2)5-10-11/h4-5,10H,1H2,2-3H3/q-1/b6-5-,8-7+. The van der Waals surface area contributed by atoms with Gasteiger partial charge >= 0.3 is 0 Å². The molecule has 0 aromatic rings. The van der Waals surface area contributed by atoms with Crippen LogP contribution in [-0.2, 0) is 0 Å². The number of hydrogen-bond acceptors (Lipinski definition) is 2. The second-order valence-corrected chi connectivity index (χ2v) is 2.53. The van der Waals surface area contributed by atoms with Gasteiger partial charge in [0.25, 0.3) is 0 Å². The predicted octanol–water partition coefficient (Wildman–Crippen LogP) is 2.68. The van der Waals surface area contributed by atoms with Crippen LogP contribution in [0.3, 0.4) is 0 Å². The quantitative estimate of drug-likeness (QED) is 0.525. The lowest BCUT2D eigenvalue weighted by molar-refractivity contribution is 1.16. The van der Waals surface area contributed by atoms with Crippen molar-refractivity contribution in [1.82, 2.24) is 5.48 Å². The van der Waals surface area contributed by atoms with E-state index in [2.05, 4.69) is 6.58 Å². The third kappa shape index (κ3) is 3.25. The molecular formula is C8H11ClNO-. The zero-order valence-corrected chi connectivity index (χ0v) is 7.40. The van der Waals surface area contributed by atoms with E-state index in [1.165, 1.54) is 6.20 Å². The lowest BCUT2D eigenvalue weighted by Crippen LogP contribution is -1.93. The van der Waals surface area contributed by atoms with Gasteiger partial charge in [0.2, 0.25) is 0 Å². The van der Waals surface area contributed by atoms with Crippen LogP contribution in [-0.4, -0.2) is 0 Å². The van der Waals surface area contributed by atoms with Gasteiger partial charge < -0.3 is 10.7 Å². The zero-order chi connectivity index (χ0) is 8.85. The Kier molecular flexibility index (Phi) is 4.66. The Hall–Kier alpha value is -0.730. The van der Waals surface area contributed by atoms with Crippen LogP contribution in [0.2, 0.25) is 0 Å². The van der Waals surface area contributed by atoms with Gasteiger partial charge in [0.05, 0.1) is 0 Å². The van der Waals surface area contributed by atoms with Gasteiger partial charge in [-0.3, -0.25) is 0 Å². The smallest absolute Gasteiger partial charge is 0.0432 e. The molecule has 0 saturated carbocycles. The molecule has 0 bridgehead atoms. The molecule has 11 heavy (non-hydrogen) atoms. The Labute approximate surface area is 71.8 Å². The van der Waals surface area contributed by atoms with E-state index in [0.29, 0.717) is 5.03 Å². The van der Waals surface area contributed by atoms with Crippen molar-refractivity contribution in [3.63, 3.8) is 0 Å². The highest BCUT2D eigenvalue weighted by Gasteiger charge is 1.95. The minimum atomic E-state index is 0.564. The molecule has 0 aliphatic rings. The van der Waals surface area contributed by atoms with Crippen LogP contribution >= 0.6 is 11.6 Å². The first kappa shape index (κ1) is 10.3. The van der Waals surface area contributed by atoms with Crippen LogP contribution in [0.1, 0.15) is 13.8 Å². The maximum absolute atomic E-state index is 9.94. The maximum Gasteiger partial charge on any atom is 0.0432 e. The average molecular weight is 173 g/mol. The number of rotatable bonds is 3. The number of hydroxylamine groups is 1. The average Bonchev–Trinajstić information content (AvgIpc) is 2.02. The van der Waals surface area contributed by atoms with E-state index in [1.807, 2.05) is 6.92 Å². The largest absolute Gasteiger partial charge is 0.761 e. The first-order valence-corrected chi connectivity index (χ1v) is 3.55. The number of nitrogens with one attached hydrogen (secondary N) is 1. The minimum absolute atomic E-state index is 0.564. The number of halogens is 1. The van der Waals surface area contributed by atoms with E-state index < -0.39 is 0 Å². The Morgan fingerprint density at radius 2 is 2.09 bits per heavy atom. The van der Waals surface area contributed by atoms with Crippen molar-refractivity contribution in [2.75, 3.05) is 0 Å². The fourth-order valence-corrected chi connectivity index (χ4v) is 0.687. The van der Waals surface area contributed by atoms with Crippen LogP contribution in [0.25, 0.3) is 0 Å². The van der Waals surface area contributed by atoms with Gasteiger partial charge in [0, 0.05) is 5.03 Å². The van der Waals surface area contributed by atoms with Gasteiger partial charge in [-0.1, -0.05) is 24.3 Å². The van der Waals surface area contributed by atoms with Crippen LogP contribution < -0.4 is 5.48 Å². The van der Waals surface area contributed by atoms with Crippen LogP contribution in [0.4, 0.5) is 0 Å². The molecule has 0 rings (SSSR count). The Morgan fingerprint density at radius 3 is 2.45 bits per heavy atom. The first-order chi connectivity index (χ1) is 5.13. The van der Waals surface area contributed by atoms with Crippen LogP contribution in [0, 0.1) is 5.21 Å². The molecule has 0 aromatic carbocycles. The van der Waals surface area contributed by atoms with Gasteiger partial charge in [-0.2, -0.15) is 0 Å². The van der Waals surface area contributed by atoms with Gasteiger partial charge in [-0.05, 0) is 31.2 Å². The third-order valence-electron chi connectivity index (χ3n) is 1.40. The highest BCUT2D eigenvalue weighted by atomic mass is 35.5. The van der Waals surface area contributed by atoms with Gasteiger partial charge in [0.15, 0.2) is 0 Å². The molecule has 0 aromatic heterocycles. The summed E-state index contributed by atoms with van der Waals surface area (Å²) in [5, 5.41) is 10.5. The summed E-state index contributed by atoms with van der Waals surface area (Å²) in [7, 11) is 0. The highest BCUT2D eigenvalue weighted by Crippen LogP contribution is 2.16. The van der Waals surface area contributed by atoms with E-state index >= 15 is 0 Å². The lowest BCUT2D eigenvalue weighted by atomic mass is 10.1. The highest BCUT2D eigenvalue weighted by molar-refractivity contribution is 6.31. The summed E-state index contributed by atoms with van der Waals surface area (Å²) in [4.78, 5) is 0. The summed E-state index contributed by atoms with van der Waals surface area (Å²) in [6.07, 6.45) is 2.89. The summed E-state index contributed by atoms with van der Waals surface area (Å²) in [5.74, 6) is 0. The summed E-state index contributed by atoms with van der Waals surface area (Å²) in [6, 6.07) is 0. The molecule has 0 amide bonds. The molecule has 0 spiro atoms. The Morgan fingerprint density at radius 1 is 1.55 bits per heavy atom. The molecule has 0 heterocycles. The van der Waals surface area contributed by atoms with E-state index in [4.69, 9.17) is 11.6 Å². The van der Waals surface area contributed by atoms with Crippen molar-refractivity contribution < 1.29 is 0 Å². The normalized spacial score (nSPS) is 14.0. The molecule has 62 valence electrons. The second-order valence-electron chi connectivity index (χ2n) is 2.12. The van der Waals surface area contributed by atoms with Crippen molar-refractivity contribution >= 4 is 11.6 Å². The molecule has 2 nitrogen and oxygen atoms in total. The molecule has 0 aliphatic heterocycles. The predicted molar refractivity (Wildman–Crippen MR) is 49.0 cm³/mol. The van der Waals surface area contributed by atoms with Crippen LogP contribution in [0.15, 0.2) is 35.0 Å². The van der Waals surface area contributed by atoms with Crippen molar-refractivity contribution in [3.05, 3.63) is 40.2 Å². The van der Waals surface area contributed by atoms with Gasteiger partial charge in [-0.25, -0.2) is 0 Å². The summed E-state index contributed by atoms with van der Waals surface area (Å²) in [5.41, 5.74) is 3.35. The first-order valence-electron chi connectivity index (χ1n) is 3.17. The molecule has 0 fully saturated rings. The Bertz CT molecular complexity index is 206. The van der Waals surface area contributed by atoms with Gasteiger partial charge in [-0.15, -0.1) is 0 Å².